The Bertz CT molecular complexity index is 514. The highest BCUT2D eigenvalue weighted by molar-refractivity contribution is 6.30. The van der Waals surface area contributed by atoms with Crippen LogP contribution in [0.5, 0.6) is 0 Å². The molecular formula is C15H18ClN3O. The first-order chi connectivity index (χ1) is 9.79. The molecule has 1 fully saturated rings. The molecule has 2 aliphatic rings. The van der Waals surface area contributed by atoms with Crippen molar-refractivity contribution in [3.8, 4) is 0 Å². The second kappa shape index (κ2) is 5.94. The second-order valence-corrected chi connectivity index (χ2v) is 5.76. The van der Waals surface area contributed by atoms with Crippen molar-refractivity contribution in [1.29, 1.82) is 0 Å². The van der Waals surface area contributed by atoms with E-state index in [1.54, 1.807) is 0 Å². The quantitative estimate of drug-likeness (QED) is 0.867. The summed E-state index contributed by atoms with van der Waals surface area (Å²) in [6.07, 6.45) is 4.31. The van der Waals surface area contributed by atoms with Gasteiger partial charge in [-0.3, -0.25) is 4.90 Å². The van der Waals surface area contributed by atoms with Gasteiger partial charge in [0.25, 0.3) is 0 Å². The molecule has 0 amide bonds. The summed E-state index contributed by atoms with van der Waals surface area (Å²) in [7, 11) is 0. The van der Waals surface area contributed by atoms with Gasteiger partial charge in [0.1, 0.15) is 6.29 Å². The van der Waals surface area contributed by atoms with Gasteiger partial charge in [-0.1, -0.05) is 30.2 Å². The zero-order chi connectivity index (χ0) is 13.9. The van der Waals surface area contributed by atoms with E-state index in [-0.39, 0.29) is 12.1 Å². The molecule has 0 bridgehead atoms. The average Bonchev–Trinajstić information content (AvgIpc) is 2.97. The van der Waals surface area contributed by atoms with Gasteiger partial charge in [-0.25, -0.2) is 0 Å². The first-order valence-corrected chi connectivity index (χ1v) is 7.45. The van der Waals surface area contributed by atoms with E-state index in [1.165, 1.54) is 0 Å². The molecule has 1 aromatic carbocycles. The number of rotatable bonds is 3. The van der Waals surface area contributed by atoms with Gasteiger partial charge in [-0.05, 0) is 37.1 Å². The van der Waals surface area contributed by atoms with E-state index in [1.807, 2.05) is 24.3 Å². The first kappa shape index (κ1) is 13.6. The van der Waals surface area contributed by atoms with Crippen LogP contribution in [0, 0.1) is 0 Å². The van der Waals surface area contributed by atoms with Crippen LogP contribution in [0.25, 0.3) is 0 Å². The van der Waals surface area contributed by atoms with Crippen molar-refractivity contribution in [2.24, 2.45) is 5.10 Å². The maximum Gasteiger partial charge on any atom is 0.137 e. The normalized spacial score (nSPS) is 26.9. The van der Waals surface area contributed by atoms with Gasteiger partial charge in [0.05, 0.1) is 24.3 Å². The number of nitrogens with one attached hydrogen (secondary N) is 1. The third-order valence-corrected chi connectivity index (χ3v) is 4.34. The lowest BCUT2D eigenvalue weighted by molar-refractivity contribution is -0.113. The monoisotopic (exact) mass is 291 g/mol. The number of nitrogens with zero attached hydrogens (tertiary/aromatic N) is 2. The summed E-state index contributed by atoms with van der Waals surface area (Å²) < 4.78 is 0. The number of carbonyl (C=O) groups is 1. The zero-order valence-electron chi connectivity index (χ0n) is 11.3. The summed E-state index contributed by atoms with van der Waals surface area (Å²) >= 11 is 5.94. The molecule has 0 aliphatic carbocycles. The second-order valence-electron chi connectivity index (χ2n) is 5.32. The van der Waals surface area contributed by atoms with E-state index in [0.29, 0.717) is 0 Å². The Balaban J connectivity index is 1.84. The summed E-state index contributed by atoms with van der Waals surface area (Å²) in [6.45, 7) is 1.73. The third kappa shape index (κ3) is 2.58. The molecule has 5 heteroatoms. The highest BCUT2D eigenvalue weighted by atomic mass is 35.5. The Morgan fingerprint density at radius 2 is 2.10 bits per heavy atom. The summed E-state index contributed by atoms with van der Waals surface area (Å²) in [5.74, 6) is 0. The van der Waals surface area contributed by atoms with Crippen LogP contribution in [0.4, 0.5) is 0 Å². The van der Waals surface area contributed by atoms with E-state index in [2.05, 4.69) is 15.4 Å². The van der Waals surface area contributed by atoms with Crippen molar-refractivity contribution in [1.82, 2.24) is 10.3 Å². The van der Waals surface area contributed by atoms with Crippen LogP contribution in [0.15, 0.2) is 29.4 Å². The summed E-state index contributed by atoms with van der Waals surface area (Å²) in [4.78, 5) is 13.6. The largest absolute Gasteiger partial charge is 0.308 e. The molecule has 3 rings (SSSR count). The van der Waals surface area contributed by atoms with E-state index in [9.17, 15) is 4.79 Å². The minimum Gasteiger partial charge on any atom is -0.308 e. The van der Waals surface area contributed by atoms with Crippen molar-refractivity contribution in [3.05, 3.63) is 34.9 Å². The number of hydrogen-bond acceptors (Lipinski definition) is 4. The third-order valence-electron chi connectivity index (χ3n) is 4.09. The van der Waals surface area contributed by atoms with E-state index in [0.717, 1.165) is 54.9 Å². The zero-order valence-corrected chi connectivity index (χ0v) is 12.0. The number of likely N-dealkylation sites (tertiary alicyclic amines) is 1. The molecule has 20 heavy (non-hydrogen) atoms. The molecule has 1 aromatic rings. The standard InChI is InChI=1S/C15H18ClN3O/c16-12-6-4-11(5-7-12)15-14(9-17-18-15)19-8-2-1-3-13(19)10-20/h4-7,10,13-14,17H,1-3,8-9H2. The van der Waals surface area contributed by atoms with Gasteiger partial charge in [0.2, 0.25) is 0 Å². The number of piperidine rings is 1. The molecule has 2 atom stereocenters. The van der Waals surface area contributed by atoms with Crippen LogP contribution in [0.2, 0.25) is 5.02 Å². The lowest BCUT2D eigenvalue weighted by Crippen LogP contribution is -2.51. The summed E-state index contributed by atoms with van der Waals surface area (Å²) in [6, 6.07) is 7.92. The van der Waals surface area contributed by atoms with E-state index in [4.69, 9.17) is 11.6 Å². The number of halogens is 1. The van der Waals surface area contributed by atoms with Crippen molar-refractivity contribution < 1.29 is 4.79 Å². The van der Waals surface area contributed by atoms with Crippen LogP contribution >= 0.6 is 11.6 Å². The molecule has 4 nitrogen and oxygen atoms in total. The maximum absolute atomic E-state index is 11.3. The van der Waals surface area contributed by atoms with Crippen molar-refractivity contribution in [3.63, 3.8) is 0 Å². The Morgan fingerprint density at radius 1 is 1.30 bits per heavy atom. The predicted octanol–water partition coefficient (Wildman–Crippen LogP) is 2.07. The molecule has 2 heterocycles. The van der Waals surface area contributed by atoms with E-state index < -0.39 is 0 Å². The molecule has 2 aliphatic heterocycles. The molecule has 1 saturated heterocycles. The fraction of sp³-hybridized carbons (Fsp3) is 0.467. The smallest absolute Gasteiger partial charge is 0.137 e. The van der Waals surface area contributed by atoms with Gasteiger partial charge < -0.3 is 10.2 Å². The molecule has 1 N–H and O–H groups in total. The number of carbonyl (C=O) groups excluding carboxylic acids is 1. The average molecular weight is 292 g/mol. The minimum absolute atomic E-state index is 0.0196. The molecule has 0 spiro atoms. The lowest BCUT2D eigenvalue weighted by Gasteiger charge is -2.37. The number of aldehydes is 1. The predicted molar refractivity (Wildman–Crippen MR) is 80.2 cm³/mol. The maximum atomic E-state index is 11.3. The van der Waals surface area contributed by atoms with Crippen molar-refractivity contribution in [2.45, 2.75) is 31.3 Å². The fourth-order valence-corrected chi connectivity index (χ4v) is 3.18. The number of hydrogen-bond donors (Lipinski definition) is 1. The molecule has 2 unspecified atom stereocenters. The van der Waals surface area contributed by atoms with Gasteiger partial charge in [-0.2, -0.15) is 5.10 Å². The Hall–Kier alpha value is -1.39. The van der Waals surface area contributed by atoms with Crippen molar-refractivity contribution in [2.75, 3.05) is 13.1 Å². The molecule has 0 aromatic heterocycles. The fourth-order valence-electron chi connectivity index (χ4n) is 3.05. The molecule has 106 valence electrons. The van der Waals surface area contributed by atoms with Crippen LogP contribution in [-0.4, -0.2) is 42.1 Å². The Labute approximate surface area is 123 Å². The Morgan fingerprint density at radius 3 is 2.85 bits per heavy atom. The topological polar surface area (TPSA) is 44.7 Å². The van der Waals surface area contributed by atoms with Crippen molar-refractivity contribution >= 4 is 23.6 Å². The van der Waals surface area contributed by atoms with E-state index >= 15 is 0 Å². The van der Waals surface area contributed by atoms with Crippen LogP contribution in [-0.2, 0) is 4.79 Å². The highest BCUT2D eigenvalue weighted by Gasteiger charge is 2.34. The van der Waals surface area contributed by atoms with Gasteiger partial charge in [0, 0.05) is 5.02 Å². The number of benzene rings is 1. The highest BCUT2D eigenvalue weighted by Crippen LogP contribution is 2.23. The van der Waals surface area contributed by atoms with Gasteiger partial charge in [0.15, 0.2) is 0 Å². The number of hydrazone groups is 1. The Kier molecular flexibility index (Phi) is 4.03. The van der Waals surface area contributed by atoms with Crippen LogP contribution in [0.1, 0.15) is 24.8 Å². The lowest BCUT2D eigenvalue weighted by atomic mass is 9.96. The minimum atomic E-state index is 0.0196. The SMILES string of the molecule is O=CC1CCCCN1C1CNN=C1c1ccc(Cl)cc1. The van der Waals surface area contributed by atoms with Gasteiger partial charge >= 0.3 is 0 Å². The summed E-state index contributed by atoms with van der Waals surface area (Å²) in [5, 5.41) is 5.15. The van der Waals surface area contributed by atoms with Gasteiger partial charge in [-0.15, -0.1) is 0 Å². The molecule has 0 saturated carbocycles. The molecular weight excluding hydrogens is 274 g/mol. The summed E-state index contributed by atoms with van der Waals surface area (Å²) in [5.41, 5.74) is 5.15. The van der Waals surface area contributed by atoms with Crippen LogP contribution < -0.4 is 5.43 Å². The first-order valence-electron chi connectivity index (χ1n) is 7.07. The molecule has 0 radical (unpaired) electrons. The van der Waals surface area contributed by atoms with Crippen LogP contribution in [0.3, 0.4) is 0 Å².